The predicted molar refractivity (Wildman–Crippen MR) is 74.3 cm³/mol. The molecule has 94 valence electrons. The molecule has 0 bridgehead atoms. The highest BCUT2D eigenvalue weighted by molar-refractivity contribution is 6.35. The average molecular weight is 283 g/mol. The van der Waals surface area contributed by atoms with Gasteiger partial charge in [0.2, 0.25) is 5.91 Å². The minimum Gasteiger partial charge on any atom is -0.365 e. The van der Waals surface area contributed by atoms with Crippen LogP contribution in [0.25, 0.3) is 0 Å². The molecule has 0 saturated heterocycles. The lowest BCUT2D eigenvalue weighted by Crippen LogP contribution is -2.13. The number of hydrogen-bond donors (Lipinski definition) is 2. The van der Waals surface area contributed by atoms with Crippen molar-refractivity contribution >= 4 is 34.8 Å². The van der Waals surface area contributed by atoms with Gasteiger partial charge < -0.3 is 10.3 Å². The highest BCUT2D eigenvalue weighted by atomic mass is 35.5. The van der Waals surface area contributed by atoms with E-state index in [4.69, 9.17) is 23.2 Å². The summed E-state index contributed by atoms with van der Waals surface area (Å²) in [6.45, 7) is 1.94. The number of aryl methyl sites for hydroxylation is 1. The van der Waals surface area contributed by atoms with Crippen LogP contribution < -0.4 is 5.32 Å². The molecule has 0 saturated carbocycles. The number of halogens is 2. The fourth-order valence-corrected chi connectivity index (χ4v) is 2.21. The van der Waals surface area contributed by atoms with E-state index in [-0.39, 0.29) is 5.91 Å². The first-order valence-corrected chi connectivity index (χ1v) is 6.18. The van der Waals surface area contributed by atoms with Gasteiger partial charge in [-0.1, -0.05) is 23.2 Å². The molecule has 1 aromatic heterocycles. The van der Waals surface area contributed by atoms with Crippen LogP contribution in [-0.4, -0.2) is 10.9 Å². The maximum absolute atomic E-state index is 11.8. The van der Waals surface area contributed by atoms with Gasteiger partial charge in [-0.25, -0.2) is 0 Å². The smallest absolute Gasteiger partial charge is 0.228 e. The van der Waals surface area contributed by atoms with Gasteiger partial charge in [-0.2, -0.15) is 0 Å². The first-order valence-electron chi connectivity index (χ1n) is 5.43. The lowest BCUT2D eigenvalue weighted by Gasteiger charge is -2.05. The van der Waals surface area contributed by atoms with Gasteiger partial charge in [0, 0.05) is 27.6 Å². The fourth-order valence-electron chi connectivity index (χ4n) is 1.69. The molecule has 3 nitrogen and oxygen atoms in total. The maximum atomic E-state index is 11.8. The average Bonchev–Trinajstić information content (AvgIpc) is 2.61. The maximum Gasteiger partial charge on any atom is 0.228 e. The van der Waals surface area contributed by atoms with Crippen LogP contribution in [0.4, 0.5) is 5.69 Å². The van der Waals surface area contributed by atoms with Crippen LogP contribution in [0.3, 0.4) is 0 Å². The third-order valence-corrected chi connectivity index (χ3v) is 2.83. The monoisotopic (exact) mass is 282 g/mol. The van der Waals surface area contributed by atoms with Crippen LogP contribution in [0.5, 0.6) is 0 Å². The lowest BCUT2D eigenvalue weighted by atomic mass is 10.2. The number of aromatic nitrogens is 1. The second kappa shape index (κ2) is 5.46. The largest absolute Gasteiger partial charge is 0.365 e. The third-order valence-electron chi connectivity index (χ3n) is 2.40. The first-order chi connectivity index (χ1) is 8.52. The number of hydrogen-bond acceptors (Lipinski definition) is 1. The quantitative estimate of drug-likeness (QED) is 0.883. The normalized spacial score (nSPS) is 10.4. The molecule has 1 heterocycles. The summed E-state index contributed by atoms with van der Waals surface area (Å²) in [5, 5.41) is 3.75. The number of aromatic amines is 1. The Hall–Kier alpha value is -1.45. The van der Waals surface area contributed by atoms with Gasteiger partial charge in [-0.3, -0.25) is 4.79 Å². The second-order valence-corrected chi connectivity index (χ2v) is 4.95. The molecule has 2 N–H and O–H groups in total. The minimum atomic E-state index is -0.104. The molecular formula is C13H12Cl2N2O. The Morgan fingerprint density at radius 1 is 1.22 bits per heavy atom. The van der Waals surface area contributed by atoms with Crippen molar-refractivity contribution in [3.05, 3.63) is 51.8 Å². The Bertz CT molecular complexity index is 558. The van der Waals surface area contributed by atoms with Gasteiger partial charge in [0.15, 0.2) is 0 Å². The van der Waals surface area contributed by atoms with E-state index in [2.05, 4.69) is 10.3 Å². The molecule has 0 fully saturated rings. The Kier molecular flexibility index (Phi) is 3.94. The van der Waals surface area contributed by atoms with Gasteiger partial charge in [0.1, 0.15) is 0 Å². The molecule has 0 aliphatic heterocycles. The molecule has 0 radical (unpaired) electrons. The van der Waals surface area contributed by atoms with E-state index in [1.165, 1.54) is 0 Å². The zero-order valence-electron chi connectivity index (χ0n) is 9.76. The zero-order chi connectivity index (χ0) is 13.1. The molecule has 0 aliphatic rings. The van der Waals surface area contributed by atoms with E-state index < -0.39 is 0 Å². The molecule has 18 heavy (non-hydrogen) atoms. The zero-order valence-corrected chi connectivity index (χ0v) is 11.3. The number of carbonyl (C=O) groups excluding carboxylic acids is 1. The SMILES string of the molecule is Cc1cc(CC(=O)Nc2cc(Cl)cc(Cl)c2)c[nH]1. The van der Waals surface area contributed by atoms with Crippen LogP contribution in [0, 0.1) is 6.92 Å². The molecule has 0 spiro atoms. The summed E-state index contributed by atoms with van der Waals surface area (Å²) in [4.78, 5) is 14.8. The van der Waals surface area contributed by atoms with Crippen molar-refractivity contribution in [2.24, 2.45) is 0 Å². The van der Waals surface area contributed by atoms with Crippen molar-refractivity contribution in [1.82, 2.24) is 4.98 Å². The van der Waals surface area contributed by atoms with Crippen molar-refractivity contribution < 1.29 is 4.79 Å². The highest BCUT2D eigenvalue weighted by Gasteiger charge is 2.06. The van der Waals surface area contributed by atoms with Gasteiger partial charge in [-0.05, 0) is 36.8 Å². The summed E-state index contributed by atoms with van der Waals surface area (Å²) in [7, 11) is 0. The number of rotatable bonds is 3. The summed E-state index contributed by atoms with van der Waals surface area (Å²) in [5.74, 6) is -0.104. The molecule has 1 aromatic carbocycles. The van der Waals surface area contributed by atoms with Crippen molar-refractivity contribution in [1.29, 1.82) is 0 Å². The summed E-state index contributed by atoms with van der Waals surface area (Å²) in [6, 6.07) is 6.88. The van der Waals surface area contributed by atoms with Crippen LogP contribution >= 0.6 is 23.2 Å². The predicted octanol–water partition coefficient (Wildman–Crippen LogP) is 3.81. The number of benzene rings is 1. The Morgan fingerprint density at radius 3 is 2.44 bits per heavy atom. The highest BCUT2D eigenvalue weighted by Crippen LogP contribution is 2.22. The van der Waals surface area contributed by atoms with Crippen molar-refractivity contribution in [2.75, 3.05) is 5.32 Å². The van der Waals surface area contributed by atoms with Gasteiger partial charge >= 0.3 is 0 Å². The van der Waals surface area contributed by atoms with E-state index in [9.17, 15) is 4.79 Å². The molecule has 0 unspecified atom stereocenters. The van der Waals surface area contributed by atoms with Crippen molar-refractivity contribution in [2.45, 2.75) is 13.3 Å². The number of amides is 1. The van der Waals surface area contributed by atoms with Crippen LogP contribution in [0.1, 0.15) is 11.3 Å². The standard InChI is InChI=1S/C13H12Cl2N2O/c1-8-2-9(7-16-8)3-13(18)17-12-5-10(14)4-11(15)6-12/h2,4-7,16H,3H2,1H3,(H,17,18). The van der Waals surface area contributed by atoms with E-state index in [1.807, 2.05) is 19.2 Å². The summed E-state index contributed by atoms with van der Waals surface area (Å²) >= 11 is 11.7. The van der Waals surface area contributed by atoms with Crippen molar-refractivity contribution in [3.63, 3.8) is 0 Å². The minimum absolute atomic E-state index is 0.104. The fraction of sp³-hybridized carbons (Fsp3) is 0.154. The Balaban J connectivity index is 2.02. The molecule has 0 aliphatic carbocycles. The number of anilines is 1. The topological polar surface area (TPSA) is 44.9 Å². The summed E-state index contributed by atoms with van der Waals surface area (Å²) < 4.78 is 0. The third kappa shape index (κ3) is 3.52. The molecule has 2 rings (SSSR count). The molecule has 5 heteroatoms. The van der Waals surface area contributed by atoms with Crippen molar-refractivity contribution in [3.8, 4) is 0 Å². The van der Waals surface area contributed by atoms with Gasteiger partial charge in [0.25, 0.3) is 0 Å². The van der Waals surface area contributed by atoms with Crippen LogP contribution in [0.2, 0.25) is 10.0 Å². The van der Waals surface area contributed by atoms with Gasteiger partial charge in [-0.15, -0.1) is 0 Å². The number of carbonyl (C=O) groups is 1. The molecule has 0 atom stereocenters. The summed E-state index contributed by atoms with van der Waals surface area (Å²) in [6.07, 6.45) is 2.13. The number of nitrogens with one attached hydrogen (secondary N) is 2. The Labute approximate surface area is 115 Å². The Morgan fingerprint density at radius 2 is 1.89 bits per heavy atom. The molecular weight excluding hydrogens is 271 g/mol. The molecule has 2 aromatic rings. The van der Waals surface area contributed by atoms with E-state index in [0.717, 1.165) is 11.3 Å². The molecule has 1 amide bonds. The number of H-pyrrole nitrogens is 1. The van der Waals surface area contributed by atoms with Crippen LogP contribution in [0.15, 0.2) is 30.5 Å². The van der Waals surface area contributed by atoms with Crippen LogP contribution in [-0.2, 0) is 11.2 Å². The summed E-state index contributed by atoms with van der Waals surface area (Å²) in [5.41, 5.74) is 2.58. The van der Waals surface area contributed by atoms with Gasteiger partial charge in [0.05, 0.1) is 6.42 Å². The first kappa shape index (κ1) is 13.0. The van der Waals surface area contributed by atoms with E-state index in [1.54, 1.807) is 18.2 Å². The lowest BCUT2D eigenvalue weighted by molar-refractivity contribution is -0.115. The van der Waals surface area contributed by atoms with E-state index >= 15 is 0 Å². The second-order valence-electron chi connectivity index (χ2n) is 4.07. The van der Waals surface area contributed by atoms with E-state index in [0.29, 0.717) is 22.2 Å².